The Morgan fingerprint density at radius 2 is 0.549 bits per heavy atom. The normalized spacial score (nSPS) is 12.1. The molecule has 384 valence electrons. The molecule has 0 saturated carbocycles. The van der Waals surface area contributed by atoms with Gasteiger partial charge in [-0.3, -0.25) is 0 Å². The predicted molar refractivity (Wildman–Crippen MR) is 348 cm³/mol. The van der Waals surface area contributed by atoms with Gasteiger partial charge in [-0.05, 0) is 144 Å². The summed E-state index contributed by atoms with van der Waals surface area (Å²) in [7, 11) is 0. The van der Waals surface area contributed by atoms with E-state index in [2.05, 4.69) is 342 Å². The molecule has 13 aromatic rings. The number of nitrogens with zero attached hydrogens (tertiary/aromatic N) is 3. The first-order valence-corrected chi connectivity index (χ1v) is 28.3. The summed E-state index contributed by atoms with van der Waals surface area (Å²) in [5.41, 5.74) is 27.7. The molecule has 13 aromatic carbocycles. The van der Waals surface area contributed by atoms with E-state index in [0.717, 1.165) is 67.9 Å². The molecule has 0 N–H and O–H groups in total. The van der Waals surface area contributed by atoms with Crippen LogP contribution in [-0.2, 0) is 0 Å². The number of rotatable bonds is 11. The second-order valence-corrected chi connectivity index (χ2v) is 21.2. The van der Waals surface area contributed by atoms with Crippen molar-refractivity contribution in [1.29, 1.82) is 0 Å². The summed E-state index contributed by atoms with van der Waals surface area (Å²) >= 11 is 0. The van der Waals surface area contributed by atoms with Gasteiger partial charge in [0.1, 0.15) is 0 Å². The average molecular weight is 1040 g/mol. The van der Waals surface area contributed by atoms with Gasteiger partial charge >= 0.3 is 0 Å². The van der Waals surface area contributed by atoms with Crippen molar-refractivity contribution in [3.05, 3.63) is 328 Å². The lowest BCUT2D eigenvalue weighted by molar-refractivity contribution is 1.23. The van der Waals surface area contributed by atoms with E-state index < -0.39 is 0 Å². The second-order valence-electron chi connectivity index (χ2n) is 21.2. The first kappa shape index (κ1) is 48.5. The smallest absolute Gasteiger partial charge is 0.252 e. The Bertz CT molecular complexity index is 4200. The highest BCUT2D eigenvalue weighted by atomic mass is 15.2. The van der Waals surface area contributed by atoms with Crippen LogP contribution in [-0.4, -0.2) is 6.71 Å². The van der Waals surface area contributed by atoms with E-state index in [4.69, 9.17) is 0 Å². The van der Waals surface area contributed by atoms with E-state index in [0.29, 0.717) is 0 Å². The molecular formula is C78H54BN3. The van der Waals surface area contributed by atoms with Crippen LogP contribution in [0.2, 0.25) is 0 Å². The third kappa shape index (κ3) is 8.75. The van der Waals surface area contributed by atoms with Crippen LogP contribution >= 0.6 is 0 Å². The maximum absolute atomic E-state index is 2.54. The predicted octanol–water partition coefficient (Wildman–Crippen LogP) is 19.2. The zero-order chi connectivity index (χ0) is 54.3. The Kier molecular flexibility index (Phi) is 12.3. The summed E-state index contributed by atoms with van der Waals surface area (Å²) in [6, 6.07) is 120. The summed E-state index contributed by atoms with van der Waals surface area (Å²) in [6.07, 6.45) is 0. The highest BCUT2D eigenvalue weighted by Gasteiger charge is 2.44. The van der Waals surface area contributed by atoms with Crippen LogP contribution in [0.5, 0.6) is 0 Å². The molecule has 0 aromatic heterocycles. The van der Waals surface area contributed by atoms with Crippen LogP contribution in [0.25, 0.3) is 66.8 Å². The number of benzene rings is 13. The fourth-order valence-electron chi connectivity index (χ4n) is 12.6. The second kappa shape index (κ2) is 20.8. The van der Waals surface area contributed by atoms with E-state index in [1.54, 1.807) is 0 Å². The van der Waals surface area contributed by atoms with Crippen molar-refractivity contribution in [1.82, 2.24) is 0 Å². The minimum Gasteiger partial charge on any atom is -0.311 e. The molecule has 2 aliphatic rings. The van der Waals surface area contributed by atoms with Crippen LogP contribution in [0.4, 0.5) is 51.2 Å². The fourth-order valence-corrected chi connectivity index (χ4v) is 12.6. The van der Waals surface area contributed by atoms with Gasteiger partial charge in [0.25, 0.3) is 6.71 Å². The molecule has 3 nitrogen and oxygen atoms in total. The standard InChI is InChI=1S/C78H54BN3/c1-7-21-55(22-8-1)60-35-43-66(44-36-60)80(73-34-20-19-33-70(73)63-31-17-6-18-32-63)69-53-76-78-77(54-69)82(68-47-39-62(40-48-68)57-25-11-3-12-26-57)75-50-42-65(59-29-15-5-16-30-59)52-72(75)79(78)71-51-64(58-27-13-4-14-28-58)41-49-74(71)81(76)67-45-37-61(38-46-67)56-23-9-2-10-24-56/h1-54H. The average Bonchev–Trinajstić information content (AvgIpc) is 3.33. The van der Waals surface area contributed by atoms with Crippen LogP contribution < -0.4 is 31.1 Å². The summed E-state index contributed by atoms with van der Waals surface area (Å²) in [5.74, 6) is 0. The molecule has 15 rings (SSSR count). The SMILES string of the molecule is c1ccc(-c2ccc(N(c3cc4c5c(c3)N(c3ccc(-c6ccccc6)cc3)c3ccc(-c6ccccc6)cc3B5c3cc(-c5ccccc5)ccc3N4c3ccc(-c4ccccc4)cc3)c3ccccc3-c3ccccc3)cc2)cc1. The Labute approximate surface area is 480 Å². The molecule has 0 spiro atoms. The van der Waals surface area contributed by atoms with Gasteiger partial charge < -0.3 is 14.7 Å². The highest BCUT2D eigenvalue weighted by molar-refractivity contribution is 7.00. The Hall–Kier alpha value is -10.7. The van der Waals surface area contributed by atoms with Crippen molar-refractivity contribution in [2.75, 3.05) is 14.7 Å². The molecule has 0 bridgehead atoms. The van der Waals surface area contributed by atoms with E-state index >= 15 is 0 Å². The van der Waals surface area contributed by atoms with Gasteiger partial charge in [-0.2, -0.15) is 0 Å². The van der Waals surface area contributed by atoms with Crippen molar-refractivity contribution in [3.8, 4) is 66.8 Å². The molecule has 0 unspecified atom stereocenters. The zero-order valence-corrected chi connectivity index (χ0v) is 45.1. The maximum atomic E-state index is 2.54. The lowest BCUT2D eigenvalue weighted by Crippen LogP contribution is -2.61. The largest absolute Gasteiger partial charge is 0.311 e. The minimum atomic E-state index is -0.147. The van der Waals surface area contributed by atoms with E-state index in [1.807, 2.05) is 0 Å². The number of hydrogen-bond acceptors (Lipinski definition) is 3. The Balaban J connectivity index is 1.04. The number of fused-ring (bicyclic) bond motifs is 4. The molecule has 2 heterocycles. The summed E-state index contributed by atoms with van der Waals surface area (Å²) in [6.45, 7) is -0.147. The minimum absolute atomic E-state index is 0.147. The van der Waals surface area contributed by atoms with Gasteiger partial charge in [-0.1, -0.05) is 261 Å². The fraction of sp³-hybridized carbons (Fsp3) is 0. The molecule has 0 aliphatic carbocycles. The molecule has 0 saturated heterocycles. The molecule has 0 fully saturated rings. The summed E-state index contributed by atoms with van der Waals surface area (Å²) in [4.78, 5) is 7.57. The van der Waals surface area contributed by atoms with Gasteiger partial charge in [-0.25, -0.2) is 0 Å². The third-order valence-electron chi connectivity index (χ3n) is 16.5. The molecule has 2 aliphatic heterocycles. The van der Waals surface area contributed by atoms with Crippen LogP contribution in [0.1, 0.15) is 0 Å². The first-order valence-electron chi connectivity index (χ1n) is 28.3. The monoisotopic (exact) mass is 1040 g/mol. The van der Waals surface area contributed by atoms with Crippen molar-refractivity contribution < 1.29 is 0 Å². The molecule has 0 atom stereocenters. The quantitative estimate of drug-likeness (QED) is 0.120. The molecular weight excluding hydrogens is 990 g/mol. The Morgan fingerprint density at radius 1 is 0.232 bits per heavy atom. The molecule has 82 heavy (non-hydrogen) atoms. The van der Waals surface area contributed by atoms with Gasteiger partial charge in [-0.15, -0.1) is 0 Å². The van der Waals surface area contributed by atoms with Crippen LogP contribution in [0.3, 0.4) is 0 Å². The van der Waals surface area contributed by atoms with E-state index in [9.17, 15) is 0 Å². The van der Waals surface area contributed by atoms with Crippen molar-refractivity contribution >= 4 is 74.3 Å². The van der Waals surface area contributed by atoms with Gasteiger partial charge in [0.2, 0.25) is 0 Å². The number of anilines is 9. The summed E-state index contributed by atoms with van der Waals surface area (Å²) < 4.78 is 0. The van der Waals surface area contributed by atoms with Crippen LogP contribution in [0, 0.1) is 0 Å². The van der Waals surface area contributed by atoms with Crippen molar-refractivity contribution in [2.24, 2.45) is 0 Å². The van der Waals surface area contributed by atoms with E-state index in [1.165, 1.54) is 66.5 Å². The molecule has 4 heteroatoms. The van der Waals surface area contributed by atoms with E-state index in [-0.39, 0.29) is 6.71 Å². The van der Waals surface area contributed by atoms with Gasteiger partial charge in [0.05, 0.1) is 11.4 Å². The lowest BCUT2D eigenvalue weighted by Gasteiger charge is -2.45. The van der Waals surface area contributed by atoms with Gasteiger partial charge in [0, 0.05) is 45.4 Å². The van der Waals surface area contributed by atoms with Gasteiger partial charge in [0.15, 0.2) is 0 Å². The first-order chi connectivity index (χ1) is 40.7. The number of hydrogen-bond donors (Lipinski definition) is 0. The third-order valence-corrected chi connectivity index (χ3v) is 16.5. The maximum Gasteiger partial charge on any atom is 0.252 e. The molecule has 0 radical (unpaired) electrons. The lowest BCUT2D eigenvalue weighted by atomic mass is 9.33. The zero-order valence-electron chi connectivity index (χ0n) is 45.1. The highest BCUT2D eigenvalue weighted by Crippen LogP contribution is 2.50. The number of para-hydroxylation sites is 1. The molecule has 0 amide bonds. The Morgan fingerprint density at radius 3 is 0.951 bits per heavy atom. The van der Waals surface area contributed by atoms with Crippen molar-refractivity contribution in [3.63, 3.8) is 0 Å². The van der Waals surface area contributed by atoms with Crippen LogP contribution in [0.15, 0.2) is 328 Å². The van der Waals surface area contributed by atoms with Crippen molar-refractivity contribution in [2.45, 2.75) is 0 Å². The summed E-state index contributed by atoms with van der Waals surface area (Å²) in [5, 5.41) is 0. The topological polar surface area (TPSA) is 9.72 Å².